The van der Waals surface area contributed by atoms with Gasteiger partial charge in [0.2, 0.25) is 5.95 Å². The number of hydrogen-bond donors (Lipinski definition) is 1. The molecule has 1 aromatic heterocycles. The molecule has 1 N–H and O–H groups in total. The third kappa shape index (κ3) is 5.35. The zero-order valence-corrected chi connectivity index (χ0v) is 14.3. The zero-order valence-electron chi connectivity index (χ0n) is 14.3. The quantitative estimate of drug-likeness (QED) is 0.757. The van der Waals surface area contributed by atoms with E-state index in [4.69, 9.17) is 4.74 Å². The third-order valence-corrected chi connectivity index (χ3v) is 3.91. The molecule has 0 aliphatic carbocycles. The SMILES string of the molecule is CCOC(=O)C1CCN(c2nccc(NCCN(C)C)n2)CC1. The van der Waals surface area contributed by atoms with E-state index in [0.29, 0.717) is 6.61 Å². The van der Waals surface area contributed by atoms with Crippen LogP contribution >= 0.6 is 0 Å². The minimum absolute atomic E-state index is 0.00704. The van der Waals surface area contributed by atoms with Gasteiger partial charge < -0.3 is 19.9 Å². The average Bonchev–Trinajstić information content (AvgIpc) is 2.55. The molecule has 0 saturated carbocycles. The number of nitrogens with one attached hydrogen (secondary N) is 1. The summed E-state index contributed by atoms with van der Waals surface area (Å²) in [4.78, 5) is 25.0. The van der Waals surface area contributed by atoms with E-state index < -0.39 is 0 Å². The summed E-state index contributed by atoms with van der Waals surface area (Å²) in [6.45, 7) is 5.65. The molecule has 0 amide bonds. The lowest BCUT2D eigenvalue weighted by atomic mass is 9.97. The van der Waals surface area contributed by atoms with E-state index in [1.54, 1.807) is 6.20 Å². The molecule has 0 unspecified atom stereocenters. The number of piperidine rings is 1. The summed E-state index contributed by atoms with van der Waals surface area (Å²) >= 11 is 0. The Morgan fingerprint density at radius 3 is 2.83 bits per heavy atom. The van der Waals surface area contributed by atoms with Crippen molar-refractivity contribution >= 4 is 17.7 Å². The highest BCUT2D eigenvalue weighted by Crippen LogP contribution is 2.22. The number of carbonyl (C=O) groups is 1. The van der Waals surface area contributed by atoms with Crippen LogP contribution in [0.2, 0.25) is 0 Å². The van der Waals surface area contributed by atoms with Crippen LogP contribution in [-0.4, -0.2) is 67.7 Å². The van der Waals surface area contributed by atoms with Gasteiger partial charge in [0.25, 0.3) is 0 Å². The van der Waals surface area contributed by atoms with E-state index in [0.717, 1.165) is 50.8 Å². The summed E-state index contributed by atoms with van der Waals surface area (Å²) in [6.07, 6.45) is 3.36. The van der Waals surface area contributed by atoms with Crippen molar-refractivity contribution in [1.29, 1.82) is 0 Å². The average molecular weight is 321 g/mol. The van der Waals surface area contributed by atoms with Gasteiger partial charge in [-0.15, -0.1) is 0 Å². The molecule has 1 aliphatic heterocycles. The Bertz CT molecular complexity index is 501. The van der Waals surface area contributed by atoms with Crippen molar-refractivity contribution in [1.82, 2.24) is 14.9 Å². The van der Waals surface area contributed by atoms with Crippen LogP contribution in [0.25, 0.3) is 0 Å². The first-order valence-electron chi connectivity index (χ1n) is 8.23. The first kappa shape index (κ1) is 17.5. The van der Waals surface area contributed by atoms with Gasteiger partial charge in [-0.05, 0) is 39.9 Å². The molecule has 0 bridgehead atoms. The molecule has 0 aromatic carbocycles. The third-order valence-electron chi connectivity index (χ3n) is 3.91. The number of rotatable bonds is 7. The summed E-state index contributed by atoms with van der Waals surface area (Å²) in [5.74, 6) is 1.49. The molecule has 0 radical (unpaired) electrons. The van der Waals surface area contributed by atoms with Gasteiger partial charge in [-0.3, -0.25) is 4.79 Å². The number of carbonyl (C=O) groups excluding carboxylic acids is 1. The summed E-state index contributed by atoms with van der Waals surface area (Å²) < 4.78 is 5.10. The fourth-order valence-electron chi connectivity index (χ4n) is 2.58. The topological polar surface area (TPSA) is 70.6 Å². The van der Waals surface area contributed by atoms with E-state index in [2.05, 4.69) is 25.1 Å². The van der Waals surface area contributed by atoms with Gasteiger partial charge in [0, 0.05) is 32.4 Å². The highest BCUT2D eigenvalue weighted by Gasteiger charge is 2.27. The van der Waals surface area contributed by atoms with E-state index in [1.165, 1.54) is 0 Å². The summed E-state index contributed by atoms with van der Waals surface area (Å²) in [5.41, 5.74) is 0. The minimum atomic E-state index is -0.0767. The molecular formula is C16H27N5O2. The summed E-state index contributed by atoms with van der Waals surface area (Å²) in [6, 6.07) is 1.88. The Balaban J connectivity index is 1.87. The second kappa shape index (κ2) is 8.67. The van der Waals surface area contributed by atoms with Gasteiger partial charge in [-0.25, -0.2) is 4.98 Å². The number of esters is 1. The van der Waals surface area contributed by atoms with Crippen LogP contribution in [0.1, 0.15) is 19.8 Å². The maximum Gasteiger partial charge on any atom is 0.309 e. The van der Waals surface area contributed by atoms with Gasteiger partial charge in [-0.2, -0.15) is 4.98 Å². The van der Waals surface area contributed by atoms with Crippen molar-refractivity contribution < 1.29 is 9.53 Å². The van der Waals surface area contributed by atoms with E-state index in [9.17, 15) is 4.79 Å². The maximum absolute atomic E-state index is 11.8. The van der Waals surface area contributed by atoms with Crippen LogP contribution < -0.4 is 10.2 Å². The highest BCUT2D eigenvalue weighted by atomic mass is 16.5. The van der Waals surface area contributed by atoms with Crippen LogP contribution in [0.4, 0.5) is 11.8 Å². The van der Waals surface area contributed by atoms with Crippen LogP contribution in [0.5, 0.6) is 0 Å². The largest absolute Gasteiger partial charge is 0.466 e. The molecule has 7 nitrogen and oxygen atoms in total. The normalized spacial score (nSPS) is 15.7. The van der Waals surface area contributed by atoms with Crippen molar-refractivity contribution in [3.63, 3.8) is 0 Å². The van der Waals surface area contributed by atoms with Gasteiger partial charge in [0.15, 0.2) is 0 Å². The highest BCUT2D eigenvalue weighted by molar-refractivity contribution is 5.72. The van der Waals surface area contributed by atoms with Gasteiger partial charge in [0.05, 0.1) is 12.5 Å². The first-order chi connectivity index (χ1) is 11.1. The smallest absolute Gasteiger partial charge is 0.309 e. The van der Waals surface area contributed by atoms with Crippen molar-refractivity contribution in [2.24, 2.45) is 5.92 Å². The number of aromatic nitrogens is 2. The lowest BCUT2D eigenvalue weighted by molar-refractivity contribution is -0.148. The molecule has 0 spiro atoms. The predicted molar refractivity (Wildman–Crippen MR) is 90.6 cm³/mol. The molecule has 2 heterocycles. The monoisotopic (exact) mass is 321 g/mol. The van der Waals surface area contributed by atoms with E-state index in [-0.39, 0.29) is 11.9 Å². The van der Waals surface area contributed by atoms with Crippen LogP contribution in [0, 0.1) is 5.92 Å². The maximum atomic E-state index is 11.8. The van der Waals surface area contributed by atoms with Crippen LogP contribution in [0.15, 0.2) is 12.3 Å². The number of hydrogen-bond acceptors (Lipinski definition) is 7. The van der Waals surface area contributed by atoms with Gasteiger partial charge in [-0.1, -0.05) is 0 Å². The standard InChI is InChI=1S/C16H27N5O2/c1-4-23-15(22)13-6-10-21(11-7-13)16-18-8-5-14(19-16)17-9-12-20(2)3/h5,8,13H,4,6-7,9-12H2,1-3H3,(H,17,18,19). The lowest BCUT2D eigenvalue weighted by Crippen LogP contribution is -2.38. The van der Waals surface area contributed by atoms with Crippen molar-refractivity contribution in [2.75, 3.05) is 57.1 Å². The number of likely N-dealkylation sites (N-methyl/N-ethyl adjacent to an activating group) is 1. The van der Waals surface area contributed by atoms with Crippen LogP contribution in [0.3, 0.4) is 0 Å². The molecule has 1 aliphatic rings. The zero-order chi connectivity index (χ0) is 16.7. The minimum Gasteiger partial charge on any atom is -0.466 e. The van der Waals surface area contributed by atoms with Crippen LogP contribution in [-0.2, 0) is 9.53 Å². The predicted octanol–water partition coefficient (Wildman–Crippen LogP) is 1.23. The first-order valence-corrected chi connectivity index (χ1v) is 8.23. The Hall–Kier alpha value is -1.89. The van der Waals surface area contributed by atoms with Gasteiger partial charge >= 0.3 is 5.97 Å². The Kier molecular flexibility index (Phi) is 6.58. The number of nitrogens with zero attached hydrogens (tertiary/aromatic N) is 4. The number of ether oxygens (including phenoxy) is 1. The molecule has 128 valence electrons. The Labute approximate surface area is 138 Å². The molecular weight excluding hydrogens is 294 g/mol. The lowest BCUT2D eigenvalue weighted by Gasteiger charge is -2.30. The van der Waals surface area contributed by atoms with Crippen molar-refractivity contribution in [2.45, 2.75) is 19.8 Å². The second-order valence-corrected chi connectivity index (χ2v) is 5.99. The van der Waals surface area contributed by atoms with Gasteiger partial charge in [0.1, 0.15) is 5.82 Å². The number of anilines is 2. The molecule has 1 fully saturated rings. The second-order valence-electron chi connectivity index (χ2n) is 5.99. The van der Waals surface area contributed by atoms with Crippen molar-refractivity contribution in [3.05, 3.63) is 12.3 Å². The molecule has 1 aromatic rings. The molecule has 23 heavy (non-hydrogen) atoms. The Morgan fingerprint density at radius 1 is 1.43 bits per heavy atom. The fourth-order valence-corrected chi connectivity index (χ4v) is 2.58. The van der Waals surface area contributed by atoms with E-state index in [1.807, 2.05) is 27.1 Å². The van der Waals surface area contributed by atoms with Crippen molar-refractivity contribution in [3.8, 4) is 0 Å². The summed E-state index contributed by atoms with van der Waals surface area (Å²) in [7, 11) is 4.08. The molecule has 0 atom stereocenters. The summed E-state index contributed by atoms with van der Waals surface area (Å²) in [5, 5.41) is 3.31. The Morgan fingerprint density at radius 2 is 2.17 bits per heavy atom. The van der Waals surface area contributed by atoms with E-state index >= 15 is 0 Å². The molecule has 1 saturated heterocycles. The molecule has 7 heteroatoms. The fraction of sp³-hybridized carbons (Fsp3) is 0.688. The molecule has 2 rings (SSSR count).